The molecule has 0 spiro atoms. The Morgan fingerprint density at radius 3 is 2.56 bits per heavy atom. The molecule has 2 rings (SSSR count). The maximum atomic E-state index is 13.9. The molecule has 0 amide bonds. The molecule has 25 heavy (non-hydrogen) atoms. The number of hydrogen-bond acceptors (Lipinski definition) is 3. The monoisotopic (exact) mass is 367 g/mol. The molecule has 138 valence electrons. The molecular weight excluding hydrogens is 341 g/mol. The molecule has 1 heterocycles. The SMILES string of the molecule is CC(C)(F)CC[C@H](C[C@H](O)[C@@H](N)Cc1ccccc1)c1ncc(Cl)[nH]1. The minimum absolute atomic E-state index is 0.126. The summed E-state index contributed by atoms with van der Waals surface area (Å²) in [6.07, 6.45) is 2.74. The van der Waals surface area contributed by atoms with Crippen LogP contribution in [-0.4, -0.2) is 32.9 Å². The van der Waals surface area contributed by atoms with Crippen molar-refractivity contribution in [1.82, 2.24) is 9.97 Å². The lowest BCUT2D eigenvalue weighted by molar-refractivity contribution is 0.117. The number of alkyl halides is 1. The molecule has 0 radical (unpaired) electrons. The Labute approximate surface area is 153 Å². The van der Waals surface area contributed by atoms with Crippen LogP contribution >= 0.6 is 11.6 Å². The van der Waals surface area contributed by atoms with Gasteiger partial charge in [-0.05, 0) is 45.1 Å². The fourth-order valence-electron chi connectivity index (χ4n) is 2.89. The zero-order valence-corrected chi connectivity index (χ0v) is 15.5. The molecule has 0 aliphatic rings. The van der Waals surface area contributed by atoms with Crippen LogP contribution in [0, 0.1) is 0 Å². The normalized spacial score (nSPS) is 15.8. The number of halogens is 2. The van der Waals surface area contributed by atoms with Crippen LogP contribution in [0.25, 0.3) is 0 Å². The molecule has 6 heteroatoms. The molecule has 0 fully saturated rings. The minimum Gasteiger partial charge on any atom is -0.391 e. The van der Waals surface area contributed by atoms with E-state index in [1.54, 1.807) is 13.8 Å². The van der Waals surface area contributed by atoms with Crippen molar-refractivity contribution in [3.8, 4) is 0 Å². The molecule has 0 bridgehead atoms. The average molecular weight is 368 g/mol. The van der Waals surface area contributed by atoms with Crippen LogP contribution in [0.1, 0.15) is 50.4 Å². The second kappa shape index (κ2) is 8.79. The topological polar surface area (TPSA) is 74.9 Å². The number of aliphatic hydroxyl groups is 1. The number of aromatic amines is 1. The number of aromatic nitrogens is 2. The van der Waals surface area contributed by atoms with Crippen LogP contribution in [0.5, 0.6) is 0 Å². The third-order valence-electron chi connectivity index (χ3n) is 4.37. The predicted molar refractivity (Wildman–Crippen MR) is 99.5 cm³/mol. The van der Waals surface area contributed by atoms with Gasteiger partial charge in [0.15, 0.2) is 0 Å². The van der Waals surface area contributed by atoms with E-state index in [9.17, 15) is 9.50 Å². The summed E-state index contributed by atoms with van der Waals surface area (Å²) in [5, 5.41) is 11.0. The third kappa shape index (κ3) is 6.77. The predicted octanol–water partition coefficient (Wildman–Crippen LogP) is 4.00. The maximum absolute atomic E-state index is 13.9. The van der Waals surface area contributed by atoms with E-state index >= 15 is 0 Å². The van der Waals surface area contributed by atoms with E-state index in [0.29, 0.717) is 36.7 Å². The molecule has 1 aromatic heterocycles. The Kier molecular flexibility index (Phi) is 6.99. The van der Waals surface area contributed by atoms with Gasteiger partial charge in [0.05, 0.1) is 12.3 Å². The summed E-state index contributed by atoms with van der Waals surface area (Å²) in [7, 11) is 0. The van der Waals surface area contributed by atoms with Gasteiger partial charge in [-0.3, -0.25) is 0 Å². The second-order valence-corrected chi connectivity index (χ2v) is 7.63. The van der Waals surface area contributed by atoms with Gasteiger partial charge in [0.2, 0.25) is 0 Å². The van der Waals surface area contributed by atoms with Crippen molar-refractivity contribution >= 4 is 11.6 Å². The first-order chi connectivity index (χ1) is 11.7. The first-order valence-electron chi connectivity index (χ1n) is 8.61. The average Bonchev–Trinajstić information content (AvgIpc) is 2.97. The molecule has 0 saturated heterocycles. The van der Waals surface area contributed by atoms with Gasteiger partial charge >= 0.3 is 0 Å². The Balaban J connectivity index is 2.01. The molecule has 2 aromatic rings. The van der Waals surface area contributed by atoms with Crippen molar-refractivity contribution in [2.45, 2.75) is 63.3 Å². The lowest BCUT2D eigenvalue weighted by atomic mass is 9.88. The van der Waals surface area contributed by atoms with Crippen LogP contribution in [0.3, 0.4) is 0 Å². The van der Waals surface area contributed by atoms with Crippen molar-refractivity contribution in [1.29, 1.82) is 0 Å². The molecule has 1 aromatic carbocycles. The van der Waals surface area contributed by atoms with Crippen molar-refractivity contribution in [2.24, 2.45) is 5.73 Å². The number of nitrogens with one attached hydrogen (secondary N) is 1. The summed E-state index contributed by atoms with van der Waals surface area (Å²) >= 11 is 5.92. The van der Waals surface area contributed by atoms with E-state index in [1.165, 1.54) is 6.20 Å². The van der Waals surface area contributed by atoms with Crippen molar-refractivity contribution < 1.29 is 9.50 Å². The van der Waals surface area contributed by atoms with Crippen LogP contribution in [0.2, 0.25) is 5.15 Å². The van der Waals surface area contributed by atoms with Gasteiger partial charge in [-0.2, -0.15) is 0 Å². The molecule has 0 aliphatic heterocycles. The highest BCUT2D eigenvalue weighted by Crippen LogP contribution is 2.30. The molecule has 4 nitrogen and oxygen atoms in total. The number of nitrogens with zero attached hydrogens (tertiary/aromatic N) is 1. The fraction of sp³-hybridized carbons (Fsp3) is 0.526. The summed E-state index contributed by atoms with van der Waals surface area (Å²) in [5.41, 5.74) is 5.99. The van der Waals surface area contributed by atoms with Gasteiger partial charge in [-0.25, -0.2) is 9.37 Å². The highest BCUT2D eigenvalue weighted by atomic mass is 35.5. The van der Waals surface area contributed by atoms with E-state index in [2.05, 4.69) is 9.97 Å². The molecule has 0 aliphatic carbocycles. The molecular formula is C19H27ClFN3O. The third-order valence-corrected chi connectivity index (χ3v) is 4.56. The molecule has 3 atom stereocenters. The molecule has 0 unspecified atom stereocenters. The fourth-order valence-corrected chi connectivity index (χ4v) is 3.04. The first kappa shape index (κ1) is 19.9. The molecule has 0 saturated carbocycles. The van der Waals surface area contributed by atoms with Crippen molar-refractivity contribution in [2.75, 3.05) is 0 Å². The summed E-state index contributed by atoms with van der Waals surface area (Å²) < 4.78 is 13.9. The van der Waals surface area contributed by atoms with Crippen molar-refractivity contribution in [3.05, 3.63) is 53.1 Å². The Bertz CT molecular complexity index is 642. The van der Waals surface area contributed by atoms with Gasteiger partial charge in [0.25, 0.3) is 0 Å². The Hall–Kier alpha value is -1.43. The van der Waals surface area contributed by atoms with E-state index in [0.717, 1.165) is 5.56 Å². The van der Waals surface area contributed by atoms with E-state index in [4.69, 9.17) is 17.3 Å². The number of rotatable bonds is 9. The van der Waals surface area contributed by atoms with Gasteiger partial charge in [0, 0.05) is 12.0 Å². The van der Waals surface area contributed by atoms with Crippen molar-refractivity contribution in [3.63, 3.8) is 0 Å². The quantitative estimate of drug-likeness (QED) is 0.627. The summed E-state index contributed by atoms with van der Waals surface area (Å²) in [5.74, 6) is 0.541. The van der Waals surface area contributed by atoms with Gasteiger partial charge < -0.3 is 15.8 Å². The van der Waals surface area contributed by atoms with Crippen LogP contribution in [0.4, 0.5) is 4.39 Å². The lowest BCUT2D eigenvalue weighted by Crippen LogP contribution is -2.37. The maximum Gasteiger partial charge on any atom is 0.126 e. The standard InChI is InChI=1S/C19H27ClFN3O/c1-19(2,21)9-8-14(18-23-12-17(20)24-18)11-16(25)15(22)10-13-6-4-3-5-7-13/h3-7,12,14-16,25H,8-11,22H2,1-2H3,(H,23,24)/t14-,15+,16+/m1/s1. The van der Waals surface area contributed by atoms with Crippen LogP contribution < -0.4 is 5.73 Å². The smallest absolute Gasteiger partial charge is 0.126 e. The van der Waals surface area contributed by atoms with Gasteiger partial charge in [-0.15, -0.1) is 0 Å². The highest BCUT2D eigenvalue weighted by molar-refractivity contribution is 6.29. The summed E-state index contributed by atoms with van der Waals surface area (Å²) in [6, 6.07) is 9.43. The lowest BCUT2D eigenvalue weighted by Gasteiger charge is -2.25. The Morgan fingerprint density at radius 1 is 1.32 bits per heavy atom. The van der Waals surface area contributed by atoms with Gasteiger partial charge in [0.1, 0.15) is 16.6 Å². The number of H-pyrrole nitrogens is 1. The van der Waals surface area contributed by atoms with E-state index < -0.39 is 17.8 Å². The molecule has 4 N–H and O–H groups in total. The zero-order chi connectivity index (χ0) is 18.4. The van der Waals surface area contributed by atoms with Gasteiger partial charge in [-0.1, -0.05) is 41.9 Å². The Morgan fingerprint density at radius 2 is 2.00 bits per heavy atom. The van der Waals surface area contributed by atoms with E-state index in [-0.39, 0.29) is 5.92 Å². The summed E-state index contributed by atoms with van der Waals surface area (Å²) in [6.45, 7) is 3.10. The minimum atomic E-state index is -1.27. The van der Waals surface area contributed by atoms with Crippen LogP contribution in [0.15, 0.2) is 36.5 Å². The zero-order valence-electron chi connectivity index (χ0n) is 14.8. The van der Waals surface area contributed by atoms with Crippen LogP contribution in [-0.2, 0) is 6.42 Å². The number of imidazole rings is 1. The second-order valence-electron chi connectivity index (χ2n) is 7.23. The number of hydrogen-bond donors (Lipinski definition) is 3. The number of aliphatic hydroxyl groups excluding tert-OH is 1. The summed E-state index contributed by atoms with van der Waals surface area (Å²) in [4.78, 5) is 7.24. The number of benzene rings is 1. The van der Waals surface area contributed by atoms with E-state index in [1.807, 2.05) is 30.3 Å². The largest absolute Gasteiger partial charge is 0.391 e. The first-order valence-corrected chi connectivity index (χ1v) is 8.99. The number of nitrogens with two attached hydrogens (primary N) is 1. The highest BCUT2D eigenvalue weighted by Gasteiger charge is 2.26.